The molecule has 1 heterocycles. The van der Waals surface area contributed by atoms with Gasteiger partial charge in [-0.25, -0.2) is 9.78 Å². The zero-order valence-electron chi connectivity index (χ0n) is 20.4. The zero-order valence-corrected chi connectivity index (χ0v) is 21.2. The van der Waals surface area contributed by atoms with E-state index in [1.807, 2.05) is 37.3 Å². The van der Waals surface area contributed by atoms with Crippen LogP contribution in [0.5, 0.6) is 17.2 Å². The Morgan fingerprint density at radius 1 is 1.09 bits per heavy atom. The summed E-state index contributed by atoms with van der Waals surface area (Å²) in [7, 11) is 1.44. The topological polar surface area (TPSA) is 96.0 Å². The Balaban J connectivity index is 2.11. The molecule has 0 radical (unpaired) electrons. The molecule has 0 fully saturated rings. The van der Waals surface area contributed by atoms with Gasteiger partial charge in [-0.3, -0.25) is 4.79 Å². The number of methoxy groups -OCH3 is 1. The fourth-order valence-corrected chi connectivity index (χ4v) is 3.48. The maximum Gasteiger partial charge on any atom is 0.328 e. The van der Waals surface area contributed by atoms with Gasteiger partial charge in [-0.15, -0.1) is 0 Å². The molecule has 0 unspecified atom stereocenters. The van der Waals surface area contributed by atoms with Crippen LogP contribution in [-0.4, -0.2) is 47.3 Å². The number of thiocarbonyl (C=S) groups is 1. The molecule has 1 aromatic heterocycles. The normalized spacial score (nSPS) is 13.4. The number of ether oxygens (including phenoxy) is 4. The van der Waals surface area contributed by atoms with E-state index in [2.05, 4.69) is 24.1 Å². The number of carbonyl (C=O) groups excluding carboxylic acids is 2. The Kier molecular flexibility index (Phi) is 10.2. The quantitative estimate of drug-likeness (QED) is 0.370. The molecule has 0 aliphatic carbocycles. The molecule has 2 aromatic rings. The summed E-state index contributed by atoms with van der Waals surface area (Å²) in [6.07, 6.45) is 1.28. The summed E-state index contributed by atoms with van der Waals surface area (Å²) in [6, 6.07) is 10.1. The molecule has 0 spiro atoms. The van der Waals surface area contributed by atoms with Gasteiger partial charge in [-0.1, -0.05) is 44.3 Å². The van der Waals surface area contributed by atoms with Gasteiger partial charge in [0.05, 0.1) is 7.11 Å². The van der Waals surface area contributed by atoms with Crippen molar-refractivity contribution in [3.63, 3.8) is 0 Å². The zero-order chi connectivity index (χ0) is 25.3. The molecular weight excluding hydrogens is 456 g/mol. The van der Waals surface area contributed by atoms with Gasteiger partial charge in [0.2, 0.25) is 5.75 Å². The molecule has 0 saturated heterocycles. The van der Waals surface area contributed by atoms with Crippen LogP contribution >= 0.6 is 12.2 Å². The van der Waals surface area contributed by atoms with Crippen molar-refractivity contribution in [3.05, 3.63) is 48.3 Å². The number of aromatic nitrogens is 1. The highest BCUT2D eigenvalue weighted by atomic mass is 32.1. The first-order chi connectivity index (χ1) is 16.1. The van der Waals surface area contributed by atoms with Crippen molar-refractivity contribution in [1.82, 2.24) is 10.3 Å². The monoisotopic (exact) mass is 488 g/mol. The van der Waals surface area contributed by atoms with E-state index in [4.69, 9.17) is 31.2 Å². The van der Waals surface area contributed by atoms with E-state index < -0.39 is 24.1 Å². The van der Waals surface area contributed by atoms with Crippen molar-refractivity contribution in [1.29, 1.82) is 0 Å². The molecule has 3 atom stereocenters. The van der Waals surface area contributed by atoms with Gasteiger partial charge in [0.1, 0.15) is 34.7 Å². The second kappa shape index (κ2) is 12.9. The number of hydrogen-bond acceptors (Lipinski definition) is 8. The van der Waals surface area contributed by atoms with Crippen LogP contribution < -0.4 is 19.5 Å². The van der Waals surface area contributed by atoms with Crippen molar-refractivity contribution >= 4 is 29.1 Å². The van der Waals surface area contributed by atoms with E-state index in [-0.39, 0.29) is 28.5 Å². The van der Waals surface area contributed by atoms with Gasteiger partial charge in [-0.05, 0) is 38.3 Å². The first-order valence-corrected chi connectivity index (χ1v) is 11.5. The van der Waals surface area contributed by atoms with Crippen LogP contribution in [0.25, 0.3) is 0 Å². The molecule has 0 aliphatic heterocycles. The van der Waals surface area contributed by atoms with Crippen molar-refractivity contribution in [3.8, 4) is 17.2 Å². The van der Waals surface area contributed by atoms with Crippen molar-refractivity contribution in [2.75, 3.05) is 7.11 Å². The molecule has 9 heteroatoms. The molecule has 8 nitrogen and oxygen atoms in total. The Morgan fingerprint density at radius 3 is 2.35 bits per heavy atom. The standard InChI is InChI=1S/C25H32N2O6S/c1-15(2)14-21(17(4)31-19-10-8-7-9-11-19)33-25(29)16(3)27-24(34)22-23(32-18(5)28)20(30-6)12-13-26-22/h7-13,15-17,21H,14H2,1-6H3,(H,27,34)/t16-,17-,21+/m0/s1. The maximum atomic E-state index is 12.9. The number of esters is 2. The maximum absolute atomic E-state index is 12.9. The van der Waals surface area contributed by atoms with Gasteiger partial charge < -0.3 is 24.3 Å². The first kappa shape index (κ1) is 27.0. The molecule has 0 aliphatic rings. The highest BCUT2D eigenvalue weighted by Gasteiger charge is 2.28. The van der Waals surface area contributed by atoms with E-state index >= 15 is 0 Å². The molecule has 2 rings (SSSR count). The summed E-state index contributed by atoms with van der Waals surface area (Å²) in [4.78, 5) is 28.8. The minimum absolute atomic E-state index is 0.0816. The Bertz CT molecular complexity index is 983. The van der Waals surface area contributed by atoms with Crippen LogP contribution in [0.4, 0.5) is 0 Å². The lowest BCUT2D eigenvalue weighted by atomic mass is 10.0. The summed E-state index contributed by atoms with van der Waals surface area (Å²) >= 11 is 5.43. The molecule has 184 valence electrons. The summed E-state index contributed by atoms with van der Waals surface area (Å²) in [5.74, 6) is 0.326. The Morgan fingerprint density at radius 2 is 1.76 bits per heavy atom. The third kappa shape index (κ3) is 7.98. The third-order valence-electron chi connectivity index (χ3n) is 4.81. The Labute approximate surface area is 206 Å². The minimum atomic E-state index is -0.788. The van der Waals surface area contributed by atoms with E-state index in [9.17, 15) is 9.59 Å². The molecule has 0 amide bonds. The number of para-hydroxylation sites is 1. The number of nitrogens with one attached hydrogen (secondary N) is 1. The lowest BCUT2D eigenvalue weighted by Gasteiger charge is -2.28. The second-order valence-electron chi connectivity index (χ2n) is 8.22. The van der Waals surface area contributed by atoms with Crippen LogP contribution in [0, 0.1) is 5.92 Å². The van der Waals surface area contributed by atoms with Crippen LogP contribution in [0.2, 0.25) is 0 Å². The second-order valence-corrected chi connectivity index (χ2v) is 8.63. The minimum Gasteiger partial charge on any atom is -0.493 e. The summed E-state index contributed by atoms with van der Waals surface area (Å²) < 4.78 is 22.3. The number of nitrogens with zero attached hydrogens (tertiary/aromatic N) is 1. The number of hydrogen-bond donors (Lipinski definition) is 1. The highest BCUT2D eigenvalue weighted by Crippen LogP contribution is 2.30. The van der Waals surface area contributed by atoms with Crippen LogP contribution in [0.15, 0.2) is 42.6 Å². The number of carbonyl (C=O) groups is 2. The van der Waals surface area contributed by atoms with Gasteiger partial charge in [0.25, 0.3) is 0 Å². The van der Waals surface area contributed by atoms with Crippen LogP contribution in [-0.2, 0) is 14.3 Å². The van der Waals surface area contributed by atoms with E-state index in [1.54, 1.807) is 13.0 Å². The van der Waals surface area contributed by atoms with E-state index in [1.165, 1.54) is 20.2 Å². The average molecular weight is 489 g/mol. The predicted molar refractivity (Wildman–Crippen MR) is 132 cm³/mol. The molecule has 1 aromatic carbocycles. The van der Waals surface area contributed by atoms with Crippen molar-refractivity contribution < 1.29 is 28.5 Å². The van der Waals surface area contributed by atoms with Crippen LogP contribution in [0.1, 0.15) is 46.7 Å². The van der Waals surface area contributed by atoms with Gasteiger partial charge in [0, 0.05) is 19.2 Å². The SMILES string of the molecule is COc1ccnc(C(=S)N[C@@H](C)C(=O)O[C@H](CC(C)C)[C@H](C)Oc2ccccc2)c1OC(C)=O. The number of benzene rings is 1. The smallest absolute Gasteiger partial charge is 0.328 e. The molecule has 0 bridgehead atoms. The molecule has 0 saturated carbocycles. The van der Waals surface area contributed by atoms with Gasteiger partial charge in [-0.2, -0.15) is 0 Å². The first-order valence-electron chi connectivity index (χ1n) is 11.1. The van der Waals surface area contributed by atoms with Crippen molar-refractivity contribution in [2.45, 2.75) is 59.3 Å². The summed E-state index contributed by atoms with van der Waals surface area (Å²) in [5.41, 5.74) is 0.184. The largest absolute Gasteiger partial charge is 0.493 e. The molecule has 34 heavy (non-hydrogen) atoms. The van der Waals surface area contributed by atoms with Crippen molar-refractivity contribution in [2.24, 2.45) is 5.92 Å². The van der Waals surface area contributed by atoms with Crippen LogP contribution in [0.3, 0.4) is 0 Å². The van der Waals surface area contributed by atoms with Gasteiger partial charge in [0.15, 0.2) is 5.75 Å². The lowest BCUT2D eigenvalue weighted by Crippen LogP contribution is -2.43. The molecule has 1 N–H and O–H groups in total. The fourth-order valence-electron chi connectivity index (χ4n) is 3.16. The Hall–Kier alpha value is -3.20. The summed E-state index contributed by atoms with van der Waals surface area (Å²) in [6.45, 7) is 8.88. The average Bonchev–Trinajstić information content (AvgIpc) is 2.78. The highest BCUT2D eigenvalue weighted by molar-refractivity contribution is 7.80. The molecular formula is C25H32N2O6S. The van der Waals surface area contributed by atoms with Gasteiger partial charge >= 0.3 is 11.9 Å². The summed E-state index contributed by atoms with van der Waals surface area (Å²) in [5, 5.41) is 2.91. The van der Waals surface area contributed by atoms with E-state index in [0.717, 1.165) is 0 Å². The lowest BCUT2D eigenvalue weighted by molar-refractivity contribution is -0.156. The predicted octanol–water partition coefficient (Wildman–Crippen LogP) is 4.09. The fraction of sp³-hybridized carbons (Fsp3) is 0.440. The van der Waals surface area contributed by atoms with E-state index in [0.29, 0.717) is 17.9 Å². The number of rotatable bonds is 11. The number of pyridine rings is 1. The third-order valence-corrected chi connectivity index (χ3v) is 5.12.